The molecule has 0 aliphatic rings. The molecule has 0 saturated carbocycles. The van der Waals surface area contributed by atoms with Crippen LogP contribution in [0.25, 0.3) is 0 Å². The smallest absolute Gasteiger partial charge is 0.225 e. The van der Waals surface area contributed by atoms with Gasteiger partial charge in [0.15, 0.2) is 11.6 Å². The minimum absolute atomic E-state index is 0.0528. The highest BCUT2D eigenvalue weighted by Crippen LogP contribution is 2.14. The molecule has 2 aromatic carbocycles. The molecule has 0 heterocycles. The molecule has 2 aromatic rings. The maximum Gasteiger partial charge on any atom is 0.225 e. The van der Waals surface area contributed by atoms with E-state index >= 15 is 0 Å². The quantitative estimate of drug-likeness (QED) is 0.451. The first kappa shape index (κ1) is 22.4. The van der Waals surface area contributed by atoms with Crippen molar-refractivity contribution in [1.29, 1.82) is 0 Å². The van der Waals surface area contributed by atoms with Gasteiger partial charge in [-0.25, -0.2) is 0 Å². The van der Waals surface area contributed by atoms with Crippen LogP contribution in [0, 0.1) is 0 Å². The van der Waals surface area contributed by atoms with E-state index in [1.165, 1.54) is 25.6 Å². The van der Waals surface area contributed by atoms with E-state index < -0.39 is 0 Å². The van der Waals surface area contributed by atoms with Crippen molar-refractivity contribution in [3.8, 4) is 0 Å². The number of carbonyl (C=O) groups excluding carboxylic acids is 4. The van der Waals surface area contributed by atoms with E-state index in [9.17, 15) is 19.2 Å². The minimum atomic E-state index is -0.135. The summed E-state index contributed by atoms with van der Waals surface area (Å²) in [5.41, 5.74) is 2.30. The maximum atomic E-state index is 12.0. The van der Waals surface area contributed by atoms with E-state index in [2.05, 4.69) is 10.6 Å². The zero-order valence-electron chi connectivity index (χ0n) is 16.5. The number of amides is 2. The van der Waals surface area contributed by atoms with E-state index in [1.54, 1.807) is 48.5 Å². The number of ketones is 2. The van der Waals surface area contributed by atoms with Crippen LogP contribution in [-0.4, -0.2) is 34.9 Å². The van der Waals surface area contributed by atoms with Gasteiger partial charge in [-0.05, 0) is 38.1 Å². The summed E-state index contributed by atoms with van der Waals surface area (Å²) in [4.78, 5) is 46.8. The molecule has 0 bridgehead atoms. The van der Waals surface area contributed by atoms with Crippen molar-refractivity contribution in [2.45, 2.75) is 26.7 Å². The summed E-state index contributed by atoms with van der Waals surface area (Å²) in [5.74, 6) is 0.801. The van der Waals surface area contributed by atoms with Gasteiger partial charge >= 0.3 is 0 Å². The third kappa shape index (κ3) is 7.91. The summed E-state index contributed by atoms with van der Waals surface area (Å²) in [5, 5.41) is 5.55. The molecule has 0 saturated heterocycles. The lowest BCUT2D eigenvalue weighted by Gasteiger charge is -2.07. The van der Waals surface area contributed by atoms with E-state index in [4.69, 9.17) is 0 Å². The first-order chi connectivity index (χ1) is 13.8. The van der Waals surface area contributed by atoms with Gasteiger partial charge in [-0.1, -0.05) is 24.3 Å². The Balaban J connectivity index is 1.66. The van der Waals surface area contributed by atoms with Gasteiger partial charge in [0.2, 0.25) is 11.8 Å². The molecule has 0 atom stereocenters. The SMILES string of the molecule is CC(=O)c1cccc(NC(=O)CCSCCC(=O)Nc2cccc(C(C)=O)c2)c1. The van der Waals surface area contributed by atoms with Crippen LogP contribution in [0.2, 0.25) is 0 Å². The number of nitrogens with one attached hydrogen (secondary N) is 2. The van der Waals surface area contributed by atoms with Gasteiger partial charge in [0.25, 0.3) is 0 Å². The Bertz CT molecular complexity index is 838. The van der Waals surface area contributed by atoms with E-state index in [-0.39, 0.29) is 23.4 Å². The molecule has 0 radical (unpaired) electrons. The summed E-state index contributed by atoms with van der Waals surface area (Å²) >= 11 is 1.52. The number of benzene rings is 2. The lowest BCUT2D eigenvalue weighted by atomic mass is 10.1. The summed E-state index contributed by atoms with van der Waals surface area (Å²) in [6.45, 7) is 2.96. The van der Waals surface area contributed by atoms with Crippen LogP contribution >= 0.6 is 11.8 Å². The van der Waals surface area contributed by atoms with Crippen molar-refractivity contribution < 1.29 is 19.2 Å². The molecule has 2 amide bonds. The second-order valence-electron chi connectivity index (χ2n) is 6.48. The molecule has 0 aliphatic heterocycles. The van der Waals surface area contributed by atoms with Crippen LogP contribution in [0.15, 0.2) is 48.5 Å². The molecule has 0 fully saturated rings. The number of thioether (sulfide) groups is 1. The van der Waals surface area contributed by atoms with Gasteiger partial charge in [-0.2, -0.15) is 11.8 Å². The molecule has 0 aromatic heterocycles. The van der Waals surface area contributed by atoms with Gasteiger partial charge in [0.1, 0.15) is 0 Å². The third-order valence-corrected chi connectivity index (χ3v) is 5.04. The molecule has 6 nitrogen and oxygen atoms in total. The Morgan fingerprint density at radius 3 is 1.52 bits per heavy atom. The molecule has 0 unspecified atom stereocenters. The predicted octanol–water partition coefficient (Wildman–Crippen LogP) is 4.18. The first-order valence-electron chi connectivity index (χ1n) is 9.24. The standard InChI is InChI=1S/C22H24N2O4S/c1-15(25)17-5-3-7-19(13-17)23-21(27)9-11-29-12-10-22(28)24-20-8-4-6-18(14-20)16(2)26/h3-8,13-14H,9-12H2,1-2H3,(H,23,27)(H,24,28). The first-order valence-corrected chi connectivity index (χ1v) is 10.4. The normalized spacial score (nSPS) is 10.3. The zero-order chi connectivity index (χ0) is 21.2. The molecule has 29 heavy (non-hydrogen) atoms. The largest absolute Gasteiger partial charge is 0.326 e. The van der Waals surface area contributed by atoms with Crippen molar-refractivity contribution >= 4 is 46.5 Å². The Labute approximate surface area is 174 Å². The van der Waals surface area contributed by atoms with Crippen molar-refractivity contribution in [3.63, 3.8) is 0 Å². The van der Waals surface area contributed by atoms with Gasteiger partial charge in [-0.3, -0.25) is 19.2 Å². The molecular weight excluding hydrogens is 388 g/mol. The molecular formula is C22H24N2O4S. The highest BCUT2D eigenvalue weighted by Gasteiger charge is 2.07. The zero-order valence-corrected chi connectivity index (χ0v) is 17.3. The highest BCUT2D eigenvalue weighted by atomic mass is 32.2. The van der Waals surface area contributed by atoms with E-state index in [0.29, 0.717) is 46.8 Å². The number of hydrogen-bond acceptors (Lipinski definition) is 5. The highest BCUT2D eigenvalue weighted by molar-refractivity contribution is 7.99. The third-order valence-electron chi connectivity index (χ3n) is 4.05. The molecule has 0 spiro atoms. The molecule has 7 heteroatoms. The summed E-state index contributed by atoms with van der Waals surface area (Å²) < 4.78 is 0. The van der Waals surface area contributed by atoms with Gasteiger partial charge < -0.3 is 10.6 Å². The average molecular weight is 413 g/mol. The average Bonchev–Trinajstić information content (AvgIpc) is 2.68. The number of hydrogen-bond donors (Lipinski definition) is 2. The Morgan fingerprint density at radius 2 is 1.14 bits per heavy atom. The summed E-state index contributed by atoms with van der Waals surface area (Å²) in [6, 6.07) is 13.6. The van der Waals surface area contributed by atoms with Gasteiger partial charge in [0.05, 0.1) is 0 Å². The van der Waals surface area contributed by atoms with E-state index in [0.717, 1.165) is 0 Å². The van der Waals surface area contributed by atoms with Gasteiger partial charge in [0, 0.05) is 46.8 Å². The topological polar surface area (TPSA) is 92.3 Å². The van der Waals surface area contributed by atoms with Crippen LogP contribution in [0.3, 0.4) is 0 Å². The monoisotopic (exact) mass is 412 g/mol. The van der Waals surface area contributed by atoms with Crippen molar-refractivity contribution in [1.82, 2.24) is 0 Å². The number of rotatable bonds is 10. The Kier molecular flexibility index (Phi) is 8.61. The van der Waals surface area contributed by atoms with Crippen LogP contribution in [0.5, 0.6) is 0 Å². The number of anilines is 2. The lowest BCUT2D eigenvalue weighted by Crippen LogP contribution is -2.14. The number of carbonyl (C=O) groups is 4. The number of Topliss-reactive ketones (excluding diaryl/α,β-unsaturated/α-hetero) is 2. The fourth-order valence-corrected chi connectivity index (χ4v) is 3.37. The maximum absolute atomic E-state index is 12.0. The fraction of sp³-hybridized carbons (Fsp3) is 0.273. The second-order valence-corrected chi connectivity index (χ2v) is 7.71. The van der Waals surface area contributed by atoms with Crippen LogP contribution in [0.1, 0.15) is 47.4 Å². The molecule has 152 valence electrons. The fourth-order valence-electron chi connectivity index (χ4n) is 2.51. The van der Waals surface area contributed by atoms with E-state index in [1.807, 2.05) is 0 Å². The van der Waals surface area contributed by atoms with Gasteiger partial charge in [-0.15, -0.1) is 0 Å². The van der Waals surface area contributed by atoms with Crippen LogP contribution < -0.4 is 10.6 Å². The molecule has 2 rings (SSSR count). The van der Waals surface area contributed by atoms with Crippen LogP contribution in [0.4, 0.5) is 11.4 Å². The Hall–Kier alpha value is -2.93. The van der Waals surface area contributed by atoms with Crippen molar-refractivity contribution in [2.75, 3.05) is 22.1 Å². The van der Waals surface area contributed by atoms with Crippen molar-refractivity contribution in [3.05, 3.63) is 59.7 Å². The minimum Gasteiger partial charge on any atom is -0.326 e. The van der Waals surface area contributed by atoms with Crippen LogP contribution in [-0.2, 0) is 9.59 Å². The lowest BCUT2D eigenvalue weighted by molar-refractivity contribution is -0.116. The summed E-state index contributed by atoms with van der Waals surface area (Å²) in [6.07, 6.45) is 0.633. The Morgan fingerprint density at radius 1 is 0.724 bits per heavy atom. The second kappa shape index (κ2) is 11.2. The van der Waals surface area contributed by atoms with Crippen molar-refractivity contribution in [2.24, 2.45) is 0 Å². The molecule has 2 N–H and O–H groups in total. The molecule has 0 aliphatic carbocycles. The summed E-state index contributed by atoms with van der Waals surface area (Å²) in [7, 11) is 0. The predicted molar refractivity (Wildman–Crippen MR) is 117 cm³/mol.